The average Bonchev–Trinajstić information content (AvgIpc) is 3.35. The number of hydrogen-bond donors (Lipinski definition) is 2. The summed E-state index contributed by atoms with van der Waals surface area (Å²) in [5, 5.41) is 11.3. The van der Waals surface area contributed by atoms with Crippen LogP contribution in [-0.2, 0) is 11.2 Å². The third kappa shape index (κ3) is 6.02. The van der Waals surface area contributed by atoms with Gasteiger partial charge in [-0.1, -0.05) is 41.2 Å². The number of benzene rings is 2. The Morgan fingerprint density at radius 2 is 1.54 bits per heavy atom. The molecule has 0 unspecified atom stereocenters. The minimum Gasteiger partial charge on any atom is -0.396 e. The van der Waals surface area contributed by atoms with Crippen molar-refractivity contribution in [2.24, 2.45) is 5.73 Å². The summed E-state index contributed by atoms with van der Waals surface area (Å²) in [6.45, 7) is 2.56. The fraction of sp³-hybridized carbons (Fsp3) is 0.419. The lowest BCUT2D eigenvalue weighted by Crippen LogP contribution is -2.63. The quantitative estimate of drug-likeness (QED) is 0.326. The summed E-state index contributed by atoms with van der Waals surface area (Å²) < 4.78 is 2.01. The van der Waals surface area contributed by atoms with Crippen molar-refractivity contribution in [2.45, 2.75) is 50.5 Å². The van der Waals surface area contributed by atoms with E-state index in [1.54, 1.807) is 24.3 Å². The molecule has 2 aromatic carbocycles. The molecule has 2 fully saturated rings. The molecular formula is C31H35Cl3N4O3. The summed E-state index contributed by atoms with van der Waals surface area (Å²) in [5.74, 6) is -0.419. The third-order valence-electron chi connectivity index (χ3n) is 8.49. The van der Waals surface area contributed by atoms with Crippen molar-refractivity contribution in [2.75, 3.05) is 32.8 Å². The summed E-state index contributed by atoms with van der Waals surface area (Å²) in [7, 11) is 0. The first-order valence-corrected chi connectivity index (χ1v) is 15.3. The fourth-order valence-corrected chi connectivity index (χ4v) is 6.93. The molecule has 3 aromatic rings. The first-order chi connectivity index (χ1) is 19.7. The highest BCUT2D eigenvalue weighted by Crippen LogP contribution is 2.38. The lowest BCUT2D eigenvalue weighted by Gasteiger charge is -2.48. The molecule has 2 amide bonds. The van der Waals surface area contributed by atoms with E-state index in [0.29, 0.717) is 59.4 Å². The minimum atomic E-state index is -0.714. The first-order valence-electron chi connectivity index (χ1n) is 14.2. The van der Waals surface area contributed by atoms with Gasteiger partial charge in [0.25, 0.3) is 5.91 Å². The van der Waals surface area contributed by atoms with Crippen LogP contribution in [0.25, 0.3) is 16.9 Å². The van der Waals surface area contributed by atoms with Gasteiger partial charge in [-0.3, -0.25) is 14.5 Å². The Hall–Kier alpha value is -2.55. The molecule has 0 saturated carbocycles. The maximum absolute atomic E-state index is 14.2. The maximum Gasteiger partial charge on any atom is 0.255 e. The van der Waals surface area contributed by atoms with Crippen molar-refractivity contribution in [3.05, 3.63) is 74.9 Å². The van der Waals surface area contributed by atoms with Crippen LogP contribution in [0.2, 0.25) is 15.1 Å². The van der Waals surface area contributed by atoms with Crippen molar-refractivity contribution in [3.8, 4) is 16.9 Å². The zero-order valence-corrected chi connectivity index (χ0v) is 25.2. The van der Waals surface area contributed by atoms with Gasteiger partial charge in [0, 0.05) is 46.7 Å². The molecule has 41 heavy (non-hydrogen) atoms. The molecule has 2 aliphatic heterocycles. The van der Waals surface area contributed by atoms with Crippen LogP contribution in [-0.4, -0.2) is 69.6 Å². The smallest absolute Gasteiger partial charge is 0.255 e. The van der Waals surface area contributed by atoms with E-state index in [1.807, 2.05) is 33.7 Å². The Kier molecular flexibility index (Phi) is 9.31. The van der Waals surface area contributed by atoms with E-state index in [1.165, 1.54) is 0 Å². The number of carbonyl (C=O) groups is 2. The second kappa shape index (κ2) is 12.8. The van der Waals surface area contributed by atoms with E-state index >= 15 is 0 Å². The number of nitrogens with zero attached hydrogens (tertiary/aromatic N) is 3. The molecule has 2 aliphatic rings. The second-order valence-corrected chi connectivity index (χ2v) is 12.2. The molecular weight excluding hydrogens is 583 g/mol. The number of rotatable bonds is 8. The summed E-state index contributed by atoms with van der Waals surface area (Å²) in [5.41, 5.74) is 8.87. The fourth-order valence-electron chi connectivity index (χ4n) is 6.30. The second-order valence-electron chi connectivity index (χ2n) is 10.9. The number of amides is 2. The van der Waals surface area contributed by atoms with Crippen LogP contribution < -0.4 is 5.73 Å². The molecule has 3 heterocycles. The summed E-state index contributed by atoms with van der Waals surface area (Å²) >= 11 is 19.1. The van der Waals surface area contributed by atoms with Crippen molar-refractivity contribution in [1.82, 2.24) is 14.4 Å². The zero-order chi connectivity index (χ0) is 29.1. The number of primary amides is 1. The largest absolute Gasteiger partial charge is 0.396 e. The van der Waals surface area contributed by atoms with Crippen molar-refractivity contribution in [3.63, 3.8) is 0 Å². The number of nitrogens with two attached hydrogens (primary N) is 1. The predicted molar refractivity (Wildman–Crippen MR) is 164 cm³/mol. The minimum absolute atomic E-state index is 0.0167. The van der Waals surface area contributed by atoms with Crippen molar-refractivity contribution in [1.29, 1.82) is 0 Å². The zero-order valence-electron chi connectivity index (χ0n) is 22.9. The molecule has 0 spiro atoms. The van der Waals surface area contributed by atoms with Crippen LogP contribution in [0.4, 0.5) is 0 Å². The molecule has 7 nitrogen and oxygen atoms in total. The van der Waals surface area contributed by atoms with Gasteiger partial charge in [0.05, 0.1) is 16.3 Å². The third-order valence-corrected chi connectivity index (χ3v) is 9.29. The van der Waals surface area contributed by atoms with Gasteiger partial charge in [-0.15, -0.1) is 0 Å². The molecule has 0 aliphatic carbocycles. The molecule has 218 valence electrons. The Morgan fingerprint density at radius 3 is 2.15 bits per heavy atom. The van der Waals surface area contributed by atoms with Crippen LogP contribution >= 0.6 is 34.8 Å². The highest BCUT2D eigenvalue weighted by molar-refractivity contribution is 6.36. The number of aliphatic hydroxyl groups is 1. The first kappa shape index (κ1) is 29.9. The van der Waals surface area contributed by atoms with Crippen molar-refractivity contribution < 1.29 is 14.7 Å². The van der Waals surface area contributed by atoms with Gasteiger partial charge in [-0.2, -0.15) is 0 Å². The normalized spacial score (nSPS) is 17.5. The molecule has 0 bridgehead atoms. The molecule has 2 saturated heterocycles. The van der Waals surface area contributed by atoms with Crippen molar-refractivity contribution >= 4 is 46.6 Å². The van der Waals surface area contributed by atoms with Crippen LogP contribution in [0.5, 0.6) is 0 Å². The lowest BCUT2D eigenvalue weighted by atomic mass is 9.83. The number of hydrogen-bond acceptors (Lipinski definition) is 4. The van der Waals surface area contributed by atoms with E-state index in [4.69, 9.17) is 40.5 Å². The highest BCUT2D eigenvalue weighted by Gasteiger charge is 2.46. The van der Waals surface area contributed by atoms with E-state index in [-0.39, 0.29) is 18.4 Å². The maximum atomic E-state index is 14.2. The summed E-state index contributed by atoms with van der Waals surface area (Å²) in [6, 6.07) is 14.6. The average molecular weight is 618 g/mol. The molecule has 10 heteroatoms. The van der Waals surface area contributed by atoms with Gasteiger partial charge in [-0.05, 0) is 100 Å². The van der Waals surface area contributed by atoms with E-state index in [2.05, 4.69) is 4.90 Å². The van der Waals surface area contributed by atoms with Gasteiger partial charge in [0.2, 0.25) is 5.91 Å². The van der Waals surface area contributed by atoms with Gasteiger partial charge >= 0.3 is 0 Å². The van der Waals surface area contributed by atoms with Gasteiger partial charge in [-0.25, -0.2) is 0 Å². The summed E-state index contributed by atoms with van der Waals surface area (Å²) in [4.78, 5) is 31.0. The number of piperidine rings is 2. The standard InChI is InChI=1S/C31H35Cl3N4O3/c32-21-6-9-23(10-7-21)38-27(5-4-18-39)25(20-28(38)24-11-8-22(33)19-26(24)34)29(40)36-16-12-31(13-17-36,30(35)41)37-14-2-1-3-15-37/h6-11,19-20,39H,1-5,12-18H2,(H2,35,41). The number of carbonyl (C=O) groups excluding carboxylic acids is 2. The molecule has 0 radical (unpaired) electrons. The molecule has 3 N–H and O–H groups in total. The molecule has 5 rings (SSSR count). The van der Waals surface area contributed by atoms with Gasteiger partial charge in [0.1, 0.15) is 5.54 Å². The van der Waals surface area contributed by atoms with Crippen LogP contribution in [0, 0.1) is 0 Å². The Morgan fingerprint density at radius 1 is 0.878 bits per heavy atom. The molecule has 1 aromatic heterocycles. The van der Waals surface area contributed by atoms with E-state index in [0.717, 1.165) is 55.0 Å². The van der Waals surface area contributed by atoms with Crippen LogP contribution in [0.3, 0.4) is 0 Å². The van der Waals surface area contributed by atoms with Gasteiger partial charge in [0.15, 0.2) is 0 Å². The van der Waals surface area contributed by atoms with E-state index in [9.17, 15) is 14.7 Å². The SMILES string of the molecule is NC(=O)C1(N2CCCCC2)CCN(C(=O)c2cc(-c3ccc(Cl)cc3Cl)n(-c3ccc(Cl)cc3)c2CCCO)CC1. The Labute approximate surface area is 255 Å². The Bertz CT molecular complexity index is 1410. The van der Waals surface area contributed by atoms with Crippen LogP contribution in [0.15, 0.2) is 48.5 Å². The monoisotopic (exact) mass is 616 g/mol. The highest BCUT2D eigenvalue weighted by atomic mass is 35.5. The predicted octanol–water partition coefficient (Wildman–Crippen LogP) is 5.98. The summed E-state index contributed by atoms with van der Waals surface area (Å²) in [6.07, 6.45) is 5.24. The lowest BCUT2D eigenvalue weighted by molar-refractivity contribution is -0.134. The Balaban J connectivity index is 1.55. The topological polar surface area (TPSA) is 91.8 Å². The number of aromatic nitrogens is 1. The molecule has 0 atom stereocenters. The number of likely N-dealkylation sites (tertiary alicyclic amines) is 2. The number of aliphatic hydroxyl groups excluding tert-OH is 1. The van der Waals surface area contributed by atoms with E-state index < -0.39 is 5.54 Å². The van der Waals surface area contributed by atoms with Crippen LogP contribution in [0.1, 0.15) is 54.6 Å². The number of halogens is 3. The van der Waals surface area contributed by atoms with Gasteiger partial charge < -0.3 is 20.3 Å².